The van der Waals surface area contributed by atoms with Crippen molar-refractivity contribution in [2.24, 2.45) is 4.99 Å². The second-order valence-corrected chi connectivity index (χ2v) is 7.39. The molecule has 1 N–H and O–H groups in total. The molecule has 1 aromatic carbocycles. The Morgan fingerprint density at radius 1 is 1.21 bits per heavy atom. The molecule has 2 aromatic rings. The van der Waals surface area contributed by atoms with Gasteiger partial charge in [-0.1, -0.05) is 18.2 Å². The number of halogens is 1. The van der Waals surface area contributed by atoms with Crippen LogP contribution in [0, 0.1) is 0 Å². The van der Waals surface area contributed by atoms with Crippen molar-refractivity contribution in [3.8, 4) is 5.69 Å². The molecule has 4 rings (SSSR count). The monoisotopic (exact) mass is 510 g/mol. The van der Waals surface area contributed by atoms with Gasteiger partial charge in [0, 0.05) is 52.0 Å². The molecule has 2 aliphatic heterocycles. The lowest BCUT2D eigenvalue weighted by Gasteiger charge is -2.32. The highest BCUT2D eigenvalue weighted by Gasteiger charge is 2.30. The molecule has 158 valence electrons. The van der Waals surface area contributed by atoms with Gasteiger partial charge in [0.2, 0.25) is 0 Å². The number of aromatic nitrogens is 2. The smallest absolute Gasteiger partial charge is 0.193 e. The van der Waals surface area contributed by atoms with Gasteiger partial charge in [0.05, 0.1) is 25.1 Å². The number of likely N-dealkylation sites (tertiary alicyclic amines) is 1. The van der Waals surface area contributed by atoms with Crippen LogP contribution in [-0.2, 0) is 11.2 Å². The number of morpholine rings is 1. The highest BCUT2D eigenvalue weighted by atomic mass is 127. The fourth-order valence-corrected chi connectivity index (χ4v) is 4.04. The van der Waals surface area contributed by atoms with E-state index < -0.39 is 0 Å². The predicted molar refractivity (Wildman–Crippen MR) is 126 cm³/mol. The molecule has 29 heavy (non-hydrogen) atoms. The van der Waals surface area contributed by atoms with Crippen molar-refractivity contribution in [2.45, 2.75) is 18.9 Å². The van der Waals surface area contributed by atoms with Gasteiger partial charge in [0.25, 0.3) is 0 Å². The SMILES string of the molecule is CN=C(NCCc1cnn(-c2ccccc2)c1)N1CCC(N2CCOCC2)C1.I. The van der Waals surface area contributed by atoms with Crippen LogP contribution in [0.5, 0.6) is 0 Å². The minimum atomic E-state index is 0. The molecule has 0 bridgehead atoms. The van der Waals surface area contributed by atoms with E-state index in [-0.39, 0.29) is 24.0 Å². The van der Waals surface area contributed by atoms with E-state index in [2.05, 4.69) is 43.5 Å². The van der Waals surface area contributed by atoms with E-state index in [1.807, 2.05) is 36.1 Å². The summed E-state index contributed by atoms with van der Waals surface area (Å²) in [5, 5.41) is 8.00. The Kier molecular flexibility index (Phi) is 8.31. The molecular weight excluding hydrogens is 479 g/mol. The Morgan fingerprint density at radius 3 is 2.76 bits per heavy atom. The van der Waals surface area contributed by atoms with E-state index >= 15 is 0 Å². The number of para-hydroxylation sites is 1. The summed E-state index contributed by atoms with van der Waals surface area (Å²) >= 11 is 0. The maximum absolute atomic E-state index is 5.48. The van der Waals surface area contributed by atoms with E-state index in [0.717, 1.165) is 64.0 Å². The molecule has 0 saturated carbocycles. The number of guanidine groups is 1. The molecule has 1 unspecified atom stereocenters. The maximum Gasteiger partial charge on any atom is 0.193 e. The van der Waals surface area contributed by atoms with Crippen molar-refractivity contribution < 1.29 is 4.74 Å². The fraction of sp³-hybridized carbons (Fsp3) is 0.524. The first-order valence-electron chi connectivity index (χ1n) is 10.2. The zero-order valence-electron chi connectivity index (χ0n) is 17.0. The normalized spacial score (nSPS) is 20.5. The number of ether oxygens (including phenoxy) is 1. The quantitative estimate of drug-likeness (QED) is 0.379. The molecular formula is C21H31IN6O. The third kappa shape index (κ3) is 5.70. The first kappa shape index (κ1) is 22.0. The predicted octanol–water partition coefficient (Wildman–Crippen LogP) is 2.01. The van der Waals surface area contributed by atoms with Crippen LogP contribution in [0.25, 0.3) is 5.69 Å². The summed E-state index contributed by atoms with van der Waals surface area (Å²) in [6.45, 7) is 6.79. The van der Waals surface area contributed by atoms with Crippen molar-refractivity contribution in [1.82, 2.24) is 24.9 Å². The van der Waals surface area contributed by atoms with Crippen LogP contribution < -0.4 is 5.32 Å². The van der Waals surface area contributed by atoms with Crippen molar-refractivity contribution in [2.75, 3.05) is 53.0 Å². The number of nitrogens with zero attached hydrogens (tertiary/aromatic N) is 5. The zero-order valence-corrected chi connectivity index (χ0v) is 19.4. The molecule has 1 aromatic heterocycles. The van der Waals surface area contributed by atoms with E-state index in [1.165, 1.54) is 12.0 Å². The minimum absolute atomic E-state index is 0. The molecule has 0 spiro atoms. The number of hydrogen-bond donors (Lipinski definition) is 1. The van der Waals surface area contributed by atoms with Crippen molar-refractivity contribution in [3.05, 3.63) is 48.3 Å². The van der Waals surface area contributed by atoms with Gasteiger partial charge >= 0.3 is 0 Å². The van der Waals surface area contributed by atoms with E-state index in [4.69, 9.17) is 4.74 Å². The van der Waals surface area contributed by atoms with Gasteiger partial charge in [-0.05, 0) is 30.5 Å². The first-order valence-corrected chi connectivity index (χ1v) is 10.2. The van der Waals surface area contributed by atoms with Crippen LogP contribution in [0.4, 0.5) is 0 Å². The Balaban J connectivity index is 0.00000240. The summed E-state index contributed by atoms with van der Waals surface area (Å²) in [4.78, 5) is 9.45. The molecule has 2 saturated heterocycles. The number of hydrogen-bond acceptors (Lipinski definition) is 4. The molecule has 3 heterocycles. The molecule has 0 aliphatic carbocycles. The van der Waals surface area contributed by atoms with Gasteiger partial charge in [-0.15, -0.1) is 24.0 Å². The minimum Gasteiger partial charge on any atom is -0.379 e. The third-order valence-corrected chi connectivity index (χ3v) is 5.59. The number of aliphatic imine (C=N–C) groups is 1. The summed E-state index contributed by atoms with van der Waals surface area (Å²) in [7, 11) is 1.87. The summed E-state index contributed by atoms with van der Waals surface area (Å²) in [5.74, 6) is 1.01. The second kappa shape index (κ2) is 10.9. The van der Waals surface area contributed by atoms with Gasteiger partial charge in [-0.3, -0.25) is 9.89 Å². The molecule has 2 aliphatic rings. The lowest BCUT2D eigenvalue weighted by atomic mass is 10.2. The number of nitrogens with one attached hydrogen (secondary N) is 1. The van der Waals surface area contributed by atoms with Crippen LogP contribution in [0.3, 0.4) is 0 Å². The van der Waals surface area contributed by atoms with Crippen LogP contribution in [0.1, 0.15) is 12.0 Å². The molecule has 1 atom stereocenters. The van der Waals surface area contributed by atoms with Gasteiger partial charge < -0.3 is 15.0 Å². The summed E-state index contributed by atoms with van der Waals surface area (Å²) in [6, 6.07) is 10.8. The third-order valence-electron chi connectivity index (χ3n) is 5.59. The zero-order chi connectivity index (χ0) is 19.2. The molecule has 8 heteroatoms. The lowest BCUT2D eigenvalue weighted by Crippen LogP contribution is -2.46. The standard InChI is InChI=1S/C21H30N6O.HI/c1-22-21(26-10-8-20(17-26)25-11-13-28-14-12-25)23-9-7-18-15-24-27(16-18)19-5-3-2-4-6-19;/h2-6,15-16,20H,7-14,17H2,1H3,(H,22,23);1H. The van der Waals surface area contributed by atoms with Crippen LogP contribution in [-0.4, -0.2) is 84.6 Å². The molecule has 0 amide bonds. The Bertz CT molecular complexity index is 774. The van der Waals surface area contributed by atoms with Crippen LogP contribution >= 0.6 is 24.0 Å². The van der Waals surface area contributed by atoms with Crippen molar-refractivity contribution in [3.63, 3.8) is 0 Å². The average molecular weight is 510 g/mol. The first-order chi connectivity index (χ1) is 13.8. The summed E-state index contributed by atoms with van der Waals surface area (Å²) in [5.41, 5.74) is 2.31. The highest BCUT2D eigenvalue weighted by molar-refractivity contribution is 14.0. The molecule has 0 radical (unpaired) electrons. The highest BCUT2D eigenvalue weighted by Crippen LogP contribution is 2.17. The van der Waals surface area contributed by atoms with Gasteiger partial charge in [-0.25, -0.2) is 4.68 Å². The maximum atomic E-state index is 5.48. The van der Waals surface area contributed by atoms with Crippen molar-refractivity contribution >= 4 is 29.9 Å². The van der Waals surface area contributed by atoms with Gasteiger partial charge in [0.1, 0.15) is 0 Å². The van der Waals surface area contributed by atoms with Crippen molar-refractivity contribution in [1.29, 1.82) is 0 Å². The summed E-state index contributed by atoms with van der Waals surface area (Å²) < 4.78 is 7.41. The topological polar surface area (TPSA) is 57.9 Å². The van der Waals surface area contributed by atoms with E-state index in [0.29, 0.717) is 6.04 Å². The molecule has 2 fully saturated rings. The van der Waals surface area contributed by atoms with Gasteiger partial charge in [0.15, 0.2) is 5.96 Å². The summed E-state index contributed by atoms with van der Waals surface area (Å²) in [6.07, 6.45) is 6.17. The van der Waals surface area contributed by atoms with E-state index in [9.17, 15) is 0 Å². The van der Waals surface area contributed by atoms with Gasteiger partial charge in [-0.2, -0.15) is 5.10 Å². The van der Waals surface area contributed by atoms with Crippen LogP contribution in [0.2, 0.25) is 0 Å². The largest absolute Gasteiger partial charge is 0.379 e. The average Bonchev–Trinajstić information content (AvgIpc) is 3.43. The Morgan fingerprint density at radius 2 is 2.00 bits per heavy atom. The lowest BCUT2D eigenvalue weighted by molar-refractivity contribution is 0.0195. The van der Waals surface area contributed by atoms with Crippen LogP contribution in [0.15, 0.2) is 47.7 Å². The second-order valence-electron chi connectivity index (χ2n) is 7.39. The number of rotatable bonds is 5. The molecule has 7 nitrogen and oxygen atoms in total. The fourth-order valence-electron chi connectivity index (χ4n) is 4.04. The Hall–Kier alpha value is -1.65. The Labute approximate surface area is 190 Å². The number of benzene rings is 1. The van der Waals surface area contributed by atoms with E-state index in [1.54, 1.807) is 0 Å².